The number of hydrogen-bond donors (Lipinski definition) is 2. The maximum Gasteiger partial charge on any atom is 0.223 e. The quantitative estimate of drug-likeness (QED) is 0.758. The van der Waals surface area contributed by atoms with E-state index in [1.54, 1.807) is 0 Å². The van der Waals surface area contributed by atoms with Gasteiger partial charge in [0, 0.05) is 18.2 Å². The van der Waals surface area contributed by atoms with Crippen molar-refractivity contribution in [2.75, 3.05) is 5.73 Å². The van der Waals surface area contributed by atoms with E-state index >= 15 is 0 Å². The number of nitrogens with one attached hydrogen (secondary N) is 1. The second-order valence-electron chi connectivity index (χ2n) is 4.38. The number of carbonyl (C=O) groups is 1. The van der Waals surface area contributed by atoms with Crippen LogP contribution in [0.4, 0.5) is 5.69 Å². The summed E-state index contributed by atoms with van der Waals surface area (Å²) in [7, 11) is 0. The summed E-state index contributed by atoms with van der Waals surface area (Å²) in [5, 5.41) is 2.93. The first-order chi connectivity index (χ1) is 7.70. The highest BCUT2D eigenvalue weighted by atomic mass is 16.2. The zero-order valence-corrected chi connectivity index (χ0v) is 9.62. The molecule has 0 aliphatic heterocycles. The lowest BCUT2D eigenvalue weighted by Crippen LogP contribution is -2.24. The fourth-order valence-electron chi connectivity index (χ4n) is 1.76. The topological polar surface area (TPSA) is 55.1 Å². The monoisotopic (exact) mass is 218 g/mol. The van der Waals surface area contributed by atoms with Crippen LogP contribution in [0.5, 0.6) is 0 Å². The van der Waals surface area contributed by atoms with Gasteiger partial charge in [-0.25, -0.2) is 0 Å². The SMILES string of the molecule is CCc1ccc(CNC(=O)C2CC2)cc1N. The van der Waals surface area contributed by atoms with Crippen molar-refractivity contribution < 1.29 is 4.79 Å². The maximum atomic E-state index is 11.4. The molecule has 1 saturated carbocycles. The van der Waals surface area contributed by atoms with Crippen molar-refractivity contribution in [2.24, 2.45) is 5.92 Å². The van der Waals surface area contributed by atoms with Crippen LogP contribution in [-0.2, 0) is 17.8 Å². The van der Waals surface area contributed by atoms with Gasteiger partial charge >= 0.3 is 0 Å². The number of nitrogens with two attached hydrogens (primary N) is 1. The summed E-state index contributed by atoms with van der Waals surface area (Å²) in [6.45, 7) is 2.67. The number of amides is 1. The molecule has 0 bridgehead atoms. The fraction of sp³-hybridized carbons (Fsp3) is 0.462. The minimum Gasteiger partial charge on any atom is -0.398 e. The summed E-state index contributed by atoms with van der Waals surface area (Å²) in [5.41, 5.74) is 8.95. The largest absolute Gasteiger partial charge is 0.398 e. The van der Waals surface area contributed by atoms with E-state index in [2.05, 4.69) is 12.2 Å². The lowest BCUT2D eigenvalue weighted by molar-refractivity contribution is -0.122. The second kappa shape index (κ2) is 4.56. The van der Waals surface area contributed by atoms with E-state index in [1.807, 2.05) is 18.2 Å². The Kier molecular flexibility index (Phi) is 3.13. The van der Waals surface area contributed by atoms with E-state index in [-0.39, 0.29) is 11.8 Å². The molecule has 0 saturated heterocycles. The molecule has 3 N–H and O–H groups in total. The van der Waals surface area contributed by atoms with Crippen molar-refractivity contribution in [3.05, 3.63) is 29.3 Å². The molecule has 1 amide bonds. The van der Waals surface area contributed by atoms with Gasteiger partial charge in [0.15, 0.2) is 0 Å². The van der Waals surface area contributed by atoms with E-state index in [4.69, 9.17) is 5.73 Å². The number of carbonyl (C=O) groups excluding carboxylic acids is 1. The summed E-state index contributed by atoms with van der Waals surface area (Å²) in [6.07, 6.45) is 3.03. The Morgan fingerprint density at radius 1 is 1.50 bits per heavy atom. The molecule has 1 aromatic carbocycles. The third kappa shape index (κ3) is 2.54. The zero-order chi connectivity index (χ0) is 11.5. The highest BCUT2D eigenvalue weighted by Gasteiger charge is 2.29. The van der Waals surface area contributed by atoms with Crippen molar-refractivity contribution in [1.82, 2.24) is 5.32 Å². The first-order valence-corrected chi connectivity index (χ1v) is 5.85. The highest BCUT2D eigenvalue weighted by molar-refractivity contribution is 5.80. The first kappa shape index (κ1) is 11.0. The van der Waals surface area contributed by atoms with Crippen LogP contribution in [0.2, 0.25) is 0 Å². The Labute approximate surface area is 96.0 Å². The lowest BCUT2D eigenvalue weighted by Gasteiger charge is -2.08. The number of benzene rings is 1. The van der Waals surface area contributed by atoms with E-state index in [1.165, 1.54) is 0 Å². The van der Waals surface area contributed by atoms with Gasteiger partial charge in [-0.3, -0.25) is 4.79 Å². The van der Waals surface area contributed by atoms with Crippen LogP contribution in [0, 0.1) is 5.92 Å². The van der Waals surface area contributed by atoms with Crippen molar-refractivity contribution in [2.45, 2.75) is 32.7 Å². The number of anilines is 1. The van der Waals surface area contributed by atoms with Gasteiger partial charge in [0.2, 0.25) is 5.91 Å². The molecule has 86 valence electrons. The summed E-state index contributed by atoms with van der Waals surface area (Å²) in [5.74, 6) is 0.449. The molecular formula is C13H18N2O. The molecule has 3 heteroatoms. The van der Waals surface area contributed by atoms with Crippen LogP contribution < -0.4 is 11.1 Å². The van der Waals surface area contributed by atoms with Crippen molar-refractivity contribution >= 4 is 11.6 Å². The predicted molar refractivity (Wildman–Crippen MR) is 64.8 cm³/mol. The molecule has 1 aromatic rings. The molecule has 0 atom stereocenters. The lowest BCUT2D eigenvalue weighted by atomic mass is 10.1. The van der Waals surface area contributed by atoms with Crippen LogP contribution in [0.3, 0.4) is 0 Å². The van der Waals surface area contributed by atoms with E-state index in [0.29, 0.717) is 6.54 Å². The number of hydrogen-bond acceptors (Lipinski definition) is 2. The van der Waals surface area contributed by atoms with Crippen molar-refractivity contribution in [3.63, 3.8) is 0 Å². The zero-order valence-electron chi connectivity index (χ0n) is 9.62. The number of rotatable bonds is 4. The van der Waals surface area contributed by atoms with Gasteiger partial charge in [-0.1, -0.05) is 19.1 Å². The van der Waals surface area contributed by atoms with Gasteiger partial charge in [0.05, 0.1) is 0 Å². The standard InChI is InChI=1S/C13H18N2O/c1-2-10-4-3-9(7-12(10)14)8-15-13(16)11-5-6-11/h3-4,7,11H,2,5-6,8,14H2,1H3,(H,15,16). The Balaban J connectivity index is 1.93. The van der Waals surface area contributed by atoms with Crippen LogP contribution >= 0.6 is 0 Å². The van der Waals surface area contributed by atoms with E-state index < -0.39 is 0 Å². The molecule has 0 heterocycles. The van der Waals surface area contributed by atoms with E-state index in [0.717, 1.165) is 36.1 Å². The van der Waals surface area contributed by atoms with Gasteiger partial charge in [-0.2, -0.15) is 0 Å². The first-order valence-electron chi connectivity index (χ1n) is 5.85. The van der Waals surface area contributed by atoms with E-state index in [9.17, 15) is 4.79 Å². The summed E-state index contributed by atoms with van der Waals surface area (Å²) in [6, 6.07) is 6.02. The molecule has 0 unspecified atom stereocenters. The van der Waals surface area contributed by atoms with Gasteiger partial charge in [-0.15, -0.1) is 0 Å². The smallest absolute Gasteiger partial charge is 0.223 e. The summed E-state index contributed by atoms with van der Waals surface area (Å²) < 4.78 is 0. The molecule has 0 radical (unpaired) electrons. The van der Waals surface area contributed by atoms with Gasteiger partial charge in [0.25, 0.3) is 0 Å². The molecular weight excluding hydrogens is 200 g/mol. The predicted octanol–water partition coefficient (Wildman–Crippen LogP) is 1.86. The fourth-order valence-corrected chi connectivity index (χ4v) is 1.76. The third-order valence-corrected chi connectivity index (χ3v) is 3.01. The molecule has 16 heavy (non-hydrogen) atoms. The summed E-state index contributed by atoms with van der Waals surface area (Å²) >= 11 is 0. The average molecular weight is 218 g/mol. The molecule has 1 aliphatic carbocycles. The minimum absolute atomic E-state index is 0.179. The molecule has 2 rings (SSSR count). The van der Waals surface area contributed by atoms with Crippen LogP contribution in [-0.4, -0.2) is 5.91 Å². The third-order valence-electron chi connectivity index (χ3n) is 3.01. The van der Waals surface area contributed by atoms with Gasteiger partial charge < -0.3 is 11.1 Å². The Morgan fingerprint density at radius 2 is 2.25 bits per heavy atom. The van der Waals surface area contributed by atoms with Crippen molar-refractivity contribution in [1.29, 1.82) is 0 Å². The molecule has 1 aliphatic rings. The Hall–Kier alpha value is -1.51. The van der Waals surface area contributed by atoms with Crippen LogP contribution in [0.15, 0.2) is 18.2 Å². The highest BCUT2D eigenvalue weighted by Crippen LogP contribution is 2.28. The van der Waals surface area contributed by atoms with Crippen LogP contribution in [0.1, 0.15) is 30.9 Å². The summed E-state index contributed by atoms with van der Waals surface area (Å²) in [4.78, 5) is 11.4. The molecule has 1 fully saturated rings. The van der Waals surface area contributed by atoms with Gasteiger partial charge in [0.1, 0.15) is 0 Å². The maximum absolute atomic E-state index is 11.4. The second-order valence-corrected chi connectivity index (χ2v) is 4.38. The molecule has 0 spiro atoms. The number of aryl methyl sites for hydroxylation is 1. The molecule has 3 nitrogen and oxygen atoms in total. The van der Waals surface area contributed by atoms with Crippen LogP contribution in [0.25, 0.3) is 0 Å². The minimum atomic E-state index is 0.179. The van der Waals surface area contributed by atoms with Gasteiger partial charge in [-0.05, 0) is 36.5 Å². The molecule has 0 aromatic heterocycles. The number of nitrogen functional groups attached to an aromatic ring is 1. The Bertz CT molecular complexity index is 397. The van der Waals surface area contributed by atoms with Crippen molar-refractivity contribution in [3.8, 4) is 0 Å². The normalized spacial score (nSPS) is 14.8. The Morgan fingerprint density at radius 3 is 2.81 bits per heavy atom. The average Bonchev–Trinajstić information content (AvgIpc) is 3.10.